The number of aliphatic hydroxyl groups excluding tert-OH is 1. The van der Waals surface area contributed by atoms with Gasteiger partial charge < -0.3 is 15.2 Å². The minimum atomic E-state index is -0.643. The molecule has 1 aliphatic carbocycles. The maximum Gasteiger partial charge on any atom is 0.329 e. The van der Waals surface area contributed by atoms with Gasteiger partial charge in [0, 0.05) is 5.92 Å². The third kappa shape index (κ3) is 6.04. The van der Waals surface area contributed by atoms with Crippen LogP contribution in [0.25, 0.3) is 0 Å². The van der Waals surface area contributed by atoms with Crippen LogP contribution in [0.4, 0.5) is 0 Å². The van der Waals surface area contributed by atoms with Crippen molar-refractivity contribution in [2.45, 2.75) is 78.0 Å². The molecule has 122 valence electrons. The van der Waals surface area contributed by atoms with Crippen molar-refractivity contribution >= 4 is 11.9 Å². The van der Waals surface area contributed by atoms with E-state index in [0.717, 1.165) is 19.3 Å². The number of nitrogens with one attached hydrogen (secondary N) is 1. The molecule has 0 saturated heterocycles. The number of rotatable bonds is 4. The van der Waals surface area contributed by atoms with Crippen molar-refractivity contribution in [1.82, 2.24) is 5.32 Å². The summed E-state index contributed by atoms with van der Waals surface area (Å²) in [6.45, 7) is 9.18. The second kappa shape index (κ2) is 7.25. The lowest BCUT2D eigenvalue weighted by Crippen LogP contribution is -2.49. The van der Waals surface area contributed by atoms with Crippen molar-refractivity contribution in [2.75, 3.05) is 0 Å². The zero-order valence-electron chi connectivity index (χ0n) is 13.8. The monoisotopic (exact) mass is 299 g/mol. The summed E-state index contributed by atoms with van der Waals surface area (Å²) < 4.78 is 5.37. The third-order valence-electron chi connectivity index (χ3n) is 3.64. The van der Waals surface area contributed by atoms with Crippen LogP contribution in [-0.4, -0.2) is 34.7 Å². The Hall–Kier alpha value is -1.10. The van der Waals surface area contributed by atoms with Crippen LogP contribution >= 0.6 is 0 Å². The molecule has 21 heavy (non-hydrogen) atoms. The predicted octanol–water partition coefficient (Wildman–Crippen LogP) is 2.02. The Morgan fingerprint density at radius 2 is 1.86 bits per heavy atom. The van der Waals surface area contributed by atoms with Crippen LogP contribution in [-0.2, 0) is 14.3 Å². The predicted molar refractivity (Wildman–Crippen MR) is 80.6 cm³/mol. The minimum Gasteiger partial charge on any atom is -0.458 e. The summed E-state index contributed by atoms with van der Waals surface area (Å²) in [5, 5.41) is 12.5. The van der Waals surface area contributed by atoms with E-state index in [0.29, 0.717) is 6.42 Å². The first-order valence-electron chi connectivity index (χ1n) is 7.81. The van der Waals surface area contributed by atoms with Crippen molar-refractivity contribution in [3.05, 3.63) is 0 Å². The number of hydrogen-bond donors (Lipinski definition) is 2. The quantitative estimate of drug-likeness (QED) is 0.779. The molecule has 5 heteroatoms. The summed E-state index contributed by atoms with van der Waals surface area (Å²) in [6.07, 6.45) is 2.43. The summed E-state index contributed by atoms with van der Waals surface area (Å²) in [5.74, 6) is -0.810. The van der Waals surface area contributed by atoms with Crippen LogP contribution in [0.2, 0.25) is 0 Å². The number of hydrogen-bond acceptors (Lipinski definition) is 4. The fourth-order valence-corrected chi connectivity index (χ4v) is 2.54. The van der Waals surface area contributed by atoms with Gasteiger partial charge in [-0.2, -0.15) is 0 Å². The molecule has 0 aromatic carbocycles. The summed E-state index contributed by atoms with van der Waals surface area (Å²) in [7, 11) is 0. The second-order valence-corrected chi connectivity index (χ2v) is 7.28. The Bertz CT molecular complexity index is 373. The molecule has 1 fully saturated rings. The zero-order valence-corrected chi connectivity index (χ0v) is 13.8. The largest absolute Gasteiger partial charge is 0.458 e. The summed E-state index contributed by atoms with van der Waals surface area (Å²) in [6, 6.07) is -0.643. The number of amides is 1. The SMILES string of the molecule is CC(C)[C@H](NC(=O)[C@@H]1CCC[C@H](O)C1)C(=O)OC(C)(C)C. The first kappa shape index (κ1) is 18.0. The Morgan fingerprint density at radius 1 is 1.24 bits per heavy atom. The van der Waals surface area contributed by atoms with Crippen molar-refractivity contribution in [3.63, 3.8) is 0 Å². The van der Waals surface area contributed by atoms with Crippen molar-refractivity contribution in [1.29, 1.82) is 0 Å². The molecular formula is C16H29NO4. The molecule has 0 spiro atoms. The van der Waals surface area contributed by atoms with Crippen LogP contribution in [0.15, 0.2) is 0 Å². The van der Waals surface area contributed by atoms with Gasteiger partial charge in [-0.05, 0) is 46.0 Å². The highest BCUT2D eigenvalue weighted by molar-refractivity contribution is 5.86. The van der Waals surface area contributed by atoms with Gasteiger partial charge in [-0.15, -0.1) is 0 Å². The average molecular weight is 299 g/mol. The Kier molecular flexibility index (Phi) is 6.20. The molecule has 1 rings (SSSR count). The molecule has 2 N–H and O–H groups in total. The number of carbonyl (C=O) groups excluding carboxylic acids is 2. The van der Waals surface area contributed by atoms with E-state index in [9.17, 15) is 14.7 Å². The number of esters is 1. The van der Waals surface area contributed by atoms with E-state index in [2.05, 4.69) is 5.32 Å². The van der Waals surface area contributed by atoms with E-state index >= 15 is 0 Å². The summed E-state index contributed by atoms with van der Waals surface area (Å²) in [4.78, 5) is 24.5. The van der Waals surface area contributed by atoms with E-state index in [1.54, 1.807) is 0 Å². The van der Waals surface area contributed by atoms with Gasteiger partial charge in [0.2, 0.25) is 5.91 Å². The average Bonchev–Trinajstić information content (AvgIpc) is 2.32. The molecule has 0 radical (unpaired) electrons. The van der Waals surface area contributed by atoms with Crippen molar-refractivity contribution < 1.29 is 19.4 Å². The summed E-state index contributed by atoms with van der Waals surface area (Å²) >= 11 is 0. The molecule has 0 aromatic heterocycles. The number of carbonyl (C=O) groups is 2. The standard InChI is InChI=1S/C16H29NO4/c1-10(2)13(15(20)21-16(3,4)5)17-14(19)11-7-6-8-12(18)9-11/h10-13,18H,6-9H2,1-5H3,(H,17,19)/t11-,12+,13+/m1/s1. The molecule has 0 unspecified atom stereocenters. The molecular weight excluding hydrogens is 270 g/mol. The third-order valence-corrected chi connectivity index (χ3v) is 3.64. The van der Waals surface area contributed by atoms with Gasteiger partial charge in [0.05, 0.1) is 6.10 Å². The van der Waals surface area contributed by atoms with Crippen LogP contribution in [0, 0.1) is 11.8 Å². The molecule has 0 aromatic rings. The fourth-order valence-electron chi connectivity index (χ4n) is 2.54. The maximum absolute atomic E-state index is 12.3. The molecule has 0 bridgehead atoms. The Balaban J connectivity index is 2.65. The smallest absolute Gasteiger partial charge is 0.329 e. The van der Waals surface area contributed by atoms with E-state index in [4.69, 9.17) is 4.74 Å². The molecule has 1 saturated carbocycles. The van der Waals surface area contributed by atoms with Crippen molar-refractivity contribution in [2.24, 2.45) is 11.8 Å². The van der Waals surface area contributed by atoms with E-state index < -0.39 is 23.7 Å². The molecule has 1 amide bonds. The normalized spacial score (nSPS) is 24.5. The van der Waals surface area contributed by atoms with E-state index in [1.807, 2.05) is 34.6 Å². The van der Waals surface area contributed by atoms with E-state index in [-0.39, 0.29) is 17.7 Å². The molecule has 0 aliphatic heterocycles. The van der Waals surface area contributed by atoms with Gasteiger partial charge in [-0.1, -0.05) is 20.3 Å². The summed E-state index contributed by atoms with van der Waals surface area (Å²) in [5.41, 5.74) is -0.573. The number of ether oxygens (including phenoxy) is 1. The first-order chi connectivity index (χ1) is 9.60. The number of aliphatic hydroxyl groups is 1. The lowest BCUT2D eigenvalue weighted by molar-refractivity contribution is -0.160. The van der Waals surface area contributed by atoms with Gasteiger partial charge in [-0.3, -0.25) is 4.79 Å². The highest BCUT2D eigenvalue weighted by Gasteiger charge is 2.33. The highest BCUT2D eigenvalue weighted by Crippen LogP contribution is 2.25. The van der Waals surface area contributed by atoms with Gasteiger partial charge >= 0.3 is 5.97 Å². The van der Waals surface area contributed by atoms with Crippen LogP contribution < -0.4 is 5.32 Å². The molecule has 5 nitrogen and oxygen atoms in total. The lowest BCUT2D eigenvalue weighted by atomic mass is 9.86. The molecule has 1 aliphatic rings. The minimum absolute atomic E-state index is 0.0442. The van der Waals surface area contributed by atoms with Crippen LogP contribution in [0.1, 0.15) is 60.3 Å². The van der Waals surface area contributed by atoms with Gasteiger partial charge in [-0.25, -0.2) is 4.79 Å². The van der Waals surface area contributed by atoms with Crippen LogP contribution in [0.3, 0.4) is 0 Å². The topological polar surface area (TPSA) is 75.6 Å². The fraction of sp³-hybridized carbons (Fsp3) is 0.875. The van der Waals surface area contributed by atoms with Gasteiger partial charge in [0.1, 0.15) is 11.6 Å². The van der Waals surface area contributed by atoms with Gasteiger partial charge in [0.25, 0.3) is 0 Å². The molecule has 0 heterocycles. The second-order valence-electron chi connectivity index (χ2n) is 7.28. The first-order valence-corrected chi connectivity index (χ1v) is 7.81. The molecule has 3 atom stereocenters. The zero-order chi connectivity index (χ0) is 16.2. The lowest BCUT2D eigenvalue weighted by Gasteiger charge is -2.29. The van der Waals surface area contributed by atoms with Crippen LogP contribution in [0.5, 0.6) is 0 Å². The highest BCUT2D eigenvalue weighted by atomic mass is 16.6. The van der Waals surface area contributed by atoms with Crippen molar-refractivity contribution in [3.8, 4) is 0 Å². The Morgan fingerprint density at radius 3 is 2.33 bits per heavy atom. The van der Waals surface area contributed by atoms with E-state index in [1.165, 1.54) is 0 Å². The maximum atomic E-state index is 12.3. The Labute approximate surface area is 127 Å². The van der Waals surface area contributed by atoms with Gasteiger partial charge in [0.15, 0.2) is 0 Å².